The van der Waals surface area contributed by atoms with Crippen molar-refractivity contribution in [3.05, 3.63) is 64.7 Å². The fourth-order valence-electron chi connectivity index (χ4n) is 2.39. The fourth-order valence-corrected chi connectivity index (χ4v) is 3.34. The third-order valence-corrected chi connectivity index (χ3v) is 4.56. The summed E-state index contributed by atoms with van der Waals surface area (Å²) in [7, 11) is 1.26. The number of furan rings is 1. The molecule has 0 bridgehead atoms. The van der Waals surface area contributed by atoms with Crippen LogP contribution in [0.4, 0.5) is 9.39 Å². The Morgan fingerprint density at radius 1 is 1.20 bits per heavy atom. The Balaban J connectivity index is 2.00. The number of thiophene rings is 1. The summed E-state index contributed by atoms with van der Waals surface area (Å²) >= 11 is 1.19. The van der Waals surface area contributed by atoms with Crippen LogP contribution in [0.15, 0.2) is 46.4 Å². The second-order valence-corrected chi connectivity index (χ2v) is 6.08. The highest BCUT2D eigenvalue weighted by Crippen LogP contribution is 2.36. The third kappa shape index (κ3) is 3.32. The summed E-state index contributed by atoms with van der Waals surface area (Å²) in [6, 6.07) is 7.30. The number of hydrogen-bond donors (Lipinski definition) is 1. The Bertz CT molecular complexity index is 927. The maximum Gasteiger partial charge on any atom is 0.341 e. The van der Waals surface area contributed by atoms with Gasteiger partial charge in [-0.3, -0.25) is 4.79 Å². The van der Waals surface area contributed by atoms with Gasteiger partial charge in [0.25, 0.3) is 5.91 Å². The largest absolute Gasteiger partial charge is 0.469 e. The first-order chi connectivity index (χ1) is 12.0. The van der Waals surface area contributed by atoms with Crippen LogP contribution >= 0.6 is 11.3 Å². The highest BCUT2D eigenvalue weighted by molar-refractivity contribution is 7.15. The van der Waals surface area contributed by atoms with Crippen molar-refractivity contribution < 1.29 is 23.1 Å². The molecule has 1 aromatic carbocycles. The lowest BCUT2D eigenvalue weighted by molar-refractivity contribution is 0.0603. The summed E-state index contributed by atoms with van der Waals surface area (Å²) in [5.74, 6) is -0.862. The Morgan fingerprint density at radius 3 is 2.52 bits per heavy atom. The Kier molecular flexibility index (Phi) is 4.67. The van der Waals surface area contributed by atoms with E-state index in [0.29, 0.717) is 27.5 Å². The number of anilines is 1. The van der Waals surface area contributed by atoms with Crippen molar-refractivity contribution in [1.82, 2.24) is 0 Å². The van der Waals surface area contributed by atoms with Gasteiger partial charge in [0.15, 0.2) is 0 Å². The predicted octanol–water partition coefficient (Wildman–Crippen LogP) is 4.49. The molecule has 0 aliphatic carbocycles. The molecule has 0 atom stereocenters. The first kappa shape index (κ1) is 16.9. The summed E-state index contributed by atoms with van der Waals surface area (Å²) in [4.78, 5) is 24.6. The molecule has 0 saturated heterocycles. The number of esters is 1. The molecular formula is C18H14FNO4S. The second kappa shape index (κ2) is 6.90. The Labute approximate surface area is 147 Å². The zero-order chi connectivity index (χ0) is 18.0. The number of benzene rings is 1. The van der Waals surface area contributed by atoms with Gasteiger partial charge >= 0.3 is 5.97 Å². The van der Waals surface area contributed by atoms with E-state index in [4.69, 9.17) is 9.15 Å². The molecular weight excluding hydrogens is 345 g/mol. The SMILES string of the molecule is COC(=O)c1c(-c2ccc(F)cc2)csc1NC(=O)c1ccoc1C. The maximum absolute atomic E-state index is 13.1. The van der Waals surface area contributed by atoms with E-state index in [1.54, 1.807) is 30.5 Å². The number of hydrogen-bond acceptors (Lipinski definition) is 5. The van der Waals surface area contributed by atoms with Crippen molar-refractivity contribution in [2.24, 2.45) is 0 Å². The maximum atomic E-state index is 13.1. The van der Waals surface area contributed by atoms with Crippen molar-refractivity contribution in [2.45, 2.75) is 6.92 Å². The highest BCUT2D eigenvalue weighted by Gasteiger charge is 2.23. The number of ether oxygens (including phenoxy) is 1. The molecule has 0 fully saturated rings. The summed E-state index contributed by atoms with van der Waals surface area (Å²) in [6.07, 6.45) is 1.42. The van der Waals surface area contributed by atoms with Crippen molar-refractivity contribution in [2.75, 3.05) is 12.4 Å². The predicted molar refractivity (Wildman–Crippen MR) is 92.5 cm³/mol. The van der Waals surface area contributed by atoms with E-state index in [1.165, 1.54) is 36.8 Å². The van der Waals surface area contributed by atoms with E-state index in [1.807, 2.05) is 0 Å². The van der Waals surface area contributed by atoms with E-state index >= 15 is 0 Å². The first-order valence-electron chi connectivity index (χ1n) is 7.32. The molecule has 0 aliphatic rings. The van der Waals surface area contributed by atoms with Gasteiger partial charge in [-0.05, 0) is 30.7 Å². The number of rotatable bonds is 4. The number of carbonyl (C=O) groups excluding carboxylic acids is 2. The molecule has 7 heteroatoms. The van der Waals surface area contributed by atoms with Gasteiger partial charge in [-0.25, -0.2) is 9.18 Å². The highest BCUT2D eigenvalue weighted by atomic mass is 32.1. The lowest BCUT2D eigenvalue weighted by atomic mass is 10.0. The van der Waals surface area contributed by atoms with Gasteiger partial charge in [0.1, 0.15) is 22.1 Å². The molecule has 5 nitrogen and oxygen atoms in total. The van der Waals surface area contributed by atoms with Crippen LogP contribution in [0.25, 0.3) is 11.1 Å². The molecule has 2 heterocycles. The van der Waals surface area contributed by atoms with Crippen LogP contribution in [0.5, 0.6) is 0 Å². The van der Waals surface area contributed by atoms with Crippen LogP contribution in [0, 0.1) is 12.7 Å². The van der Waals surface area contributed by atoms with Crippen LogP contribution in [0.1, 0.15) is 26.5 Å². The Hall–Kier alpha value is -2.93. The minimum atomic E-state index is -0.584. The molecule has 0 unspecified atom stereocenters. The van der Waals surface area contributed by atoms with Gasteiger partial charge < -0.3 is 14.5 Å². The molecule has 2 aromatic heterocycles. The molecule has 3 rings (SSSR count). The van der Waals surface area contributed by atoms with Crippen molar-refractivity contribution in [3.63, 3.8) is 0 Å². The van der Waals surface area contributed by atoms with Gasteiger partial charge in [0.2, 0.25) is 0 Å². The van der Waals surface area contributed by atoms with Crippen molar-refractivity contribution >= 4 is 28.2 Å². The molecule has 3 aromatic rings. The molecule has 1 N–H and O–H groups in total. The van der Waals surface area contributed by atoms with Gasteiger partial charge in [0.05, 0.1) is 18.9 Å². The number of halogens is 1. The van der Waals surface area contributed by atoms with E-state index in [-0.39, 0.29) is 17.3 Å². The van der Waals surface area contributed by atoms with Crippen LogP contribution in [0.2, 0.25) is 0 Å². The van der Waals surface area contributed by atoms with Crippen LogP contribution in [0.3, 0.4) is 0 Å². The zero-order valence-electron chi connectivity index (χ0n) is 13.5. The average Bonchev–Trinajstić information content (AvgIpc) is 3.21. The lowest BCUT2D eigenvalue weighted by Crippen LogP contribution is -2.14. The quantitative estimate of drug-likeness (QED) is 0.697. The van der Waals surface area contributed by atoms with Gasteiger partial charge in [-0.2, -0.15) is 0 Å². The van der Waals surface area contributed by atoms with Gasteiger partial charge in [-0.15, -0.1) is 11.3 Å². The molecule has 0 spiro atoms. The lowest BCUT2D eigenvalue weighted by Gasteiger charge is -2.07. The number of carbonyl (C=O) groups is 2. The monoisotopic (exact) mass is 359 g/mol. The second-order valence-electron chi connectivity index (χ2n) is 5.20. The topological polar surface area (TPSA) is 68.5 Å². The van der Waals surface area contributed by atoms with Crippen LogP contribution in [-0.4, -0.2) is 19.0 Å². The summed E-state index contributed by atoms with van der Waals surface area (Å²) in [5, 5.41) is 4.79. The van der Waals surface area contributed by atoms with Crippen LogP contribution < -0.4 is 5.32 Å². The minimum Gasteiger partial charge on any atom is -0.469 e. The summed E-state index contributed by atoms with van der Waals surface area (Å²) in [6.45, 7) is 1.68. The van der Waals surface area contributed by atoms with Crippen LogP contribution in [-0.2, 0) is 4.74 Å². The van der Waals surface area contributed by atoms with E-state index < -0.39 is 5.97 Å². The van der Waals surface area contributed by atoms with Crippen molar-refractivity contribution in [1.29, 1.82) is 0 Å². The summed E-state index contributed by atoms with van der Waals surface area (Å²) in [5.41, 5.74) is 1.83. The number of amides is 1. The first-order valence-corrected chi connectivity index (χ1v) is 8.20. The molecule has 1 amide bonds. The smallest absolute Gasteiger partial charge is 0.341 e. The average molecular weight is 359 g/mol. The third-order valence-electron chi connectivity index (χ3n) is 3.67. The fraction of sp³-hybridized carbons (Fsp3) is 0.111. The van der Waals surface area contributed by atoms with E-state index in [9.17, 15) is 14.0 Å². The van der Waals surface area contributed by atoms with Crippen molar-refractivity contribution in [3.8, 4) is 11.1 Å². The molecule has 128 valence electrons. The summed E-state index contributed by atoms with van der Waals surface area (Å²) < 4.78 is 23.1. The molecule has 25 heavy (non-hydrogen) atoms. The van der Waals surface area contributed by atoms with Gasteiger partial charge in [0, 0.05) is 10.9 Å². The standard InChI is InChI=1S/C18H14FNO4S/c1-10-13(7-8-24-10)16(21)20-17-15(18(22)23-2)14(9-25-17)11-3-5-12(19)6-4-11/h3-9H,1-2H3,(H,20,21). The van der Waals surface area contributed by atoms with Gasteiger partial charge in [-0.1, -0.05) is 12.1 Å². The number of aryl methyl sites for hydroxylation is 1. The Morgan fingerprint density at radius 2 is 1.92 bits per heavy atom. The zero-order valence-corrected chi connectivity index (χ0v) is 14.3. The van der Waals surface area contributed by atoms with E-state index in [0.717, 1.165) is 0 Å². The normalized spacial score (nSPS) is 10.5. The molecule has 0 saturated carbocycles. The molecule has 0 aliphatic heterocycles. The van der Waals surface area contributed by atoms with E-state index in [2.05, 4.69) is 5.32 Å². The number of methoxy groups -OCH3 is 1. The molecule has 0 radical (unpaired) electrons. The number of nitrogens with one attached hydrogen (secondary N) is 1. The minimum absolute atomic E-state index is 0.230.